The van der Waals surface area contributed by atoms with Crippen LogP contribution in [-0.2, 0) is 19.4 Å². The van der Waals surface area contributed by atoms with E-state index < -0.39 is 33.4 Å². The molecule has 0 spiro atoms. The largest absolute Gasteiger partial charge is 0.481 e. The van der Waals surface area contributed by atoms with E-state index in [2.05, 4.69) is 0 Å². The first-order valence-electron chi connectivity index (χ1n) is 4.63. The average molecular weight is 233 g/mol. The summed E-state index contributed by atoms with van der Waals surface area (Å²) < 4.78 is 22.7. The molecule has 2 atom stereocenters. The van der Waals surface area contributed by atoms with E-state index in [1.165, 1.54) is 4.90 Å². The quantitative estimate of drug-likeness (QED) is 0.609. The molecule has 84 valence electrons. The SMILES string of the molecule is O=C(O)CC(=O)N1CC2CC1CS2(=O)=O. The summed E-state index contributed by atoms with van der Waals surface area (Å²) in [5.41, 5.74) is 0. The smallest absolute Gasteiger partial charge is 0.312 e. The number of likely N-dealkylation sites (tertiary alicyclic amines) is 1. The molecule has 1 N–H and O–H groups in total. The van der Waals surface area contributed by atoms with E-state index in [9.17, 15) is 18.0 Å². The fraction of sp³-hybridized carbons (Fsp3) is 0.750. The second kappa shape index (κ2) is 3.19. The topological polar surface area (TPSA) is 91.8 Å². The van der Waals surface area contributed by atoms with Crippen molar-refractivity contribution in [2.75, 3.05) is 12.3 Å². The van der Waals surface area contributed by atoms with Gasteiger partial charge in [0.15, 0.2) is 9.84 Å². The van der Waals surface area contributed by atoms with Crippen LogP contribution in [0.3, 0.4) is 0 Å². The van der Waals surface area contributed by atoms with Crippen LogP contribution in [0.5, 0.6) is 0 Å². The lowest BCUT2D eigenvalue weighted by atomic mass is 10.2. The van der Waals surface area contributed by atoms with Gasteiger partial charge >= 0.3 is 5.97 Å². The third-order valence-electron chi connectivity index (χ3n) is 2.93. The number of amides is 1. The molecule has 2 unspecified atom stereocenters. The van der Waals surface area contributed by atoms with Gasteiger partial charge in [-0.2, -0.15) is 0 Å². The maximum atomic E-state index is 11.4. The Hall–Kier alpha value is -1.11. The van der Waals surface area contributed by atoms with Crippen molar-refractivity contribution >= 4 is 21.7 Å². The van der Waals surface area contributed by atoms with Crippen molar-refractivity contribution in [2.45, 2.75) is 24.1 Å². The molecule has 2 bridgehead atoms. The van der Waals surface area contributed by atoms with Gasteiger partial charge in [0.1, 0.15) is 6.42 Å². The molecule has 15 heavy (non-hydrogen) atoms. The molecular weight excluding hydrogens is 222 g/mol. The summed E-state index contributed by atoms with van der Waals surface area (Å²) >= 11 is 0. The number of sulfone groups is 1. The number of carbonyl (C=O) groups is 2. The van der Waals surface area contributed by atoms with E-state index in [-0.39, 0.29) is 18.3 Å². The molecule has 0 saturated carbocycles. The van der Waals surface area contributed by atoms with Gasteiger partial charge in [-0.3, -0.25) is 9.59 Å². The maximum absolute atomic E-state index is 11.4. The molecule has 6 nitrogen and oxygen atoms in total. The fourth-order valence-electron chi connectivity index (χ4n) is 2.23. The summed E-state index contributed by atoms with van der Waals surface area (Å²) in [7, 11) is -3.02. The highest BCUT2D eigenvalue weighted by atomic mass is 32.2. The molecule has 0 aromatic rings. The van der Waals surface area contributed by atoms with Crippen LogP contribution in [0.4, 0.5) is 0 Å². The van der Waals surface area contributed by atoms with Crippen LogP contribution in [0, 0.1) is 0 Å². The Kier molecular flexibility index (Phi) is 2.22. The second-order valence-corrected chi connectivity index (χ2v) is 6.28. The summed E-state index contributed by atoms with van der Waals surface area (Å²) in [6, 6.07) is -0.299. The van der Waals surface area contributed by atoms with E-state index in [1.807, 2.05) is 0 Å². The third kappa shape index (κ3) is 1.71. The number of carboxylic acid groups (broad SMARTS) is 1. The van der Waals surface area contributed by atoms with Crippen LogP contribution in [0.1, 0.15) is 12.8 Å². The van der Waals surface area contributed by atoms with Crippen molar-refractivity contribution < 1.29 is 23.1 Å². The van der Waals surface area contributed by atoms with Crippen LogP contribution in [0.25, 0.3) is 0 Å². The van der Waals surface area contributed by atoms with Crippen LogP contribution in [0.2, 0.25) is 0 Å². The minimum atomic E-state index is -3.02. The molecule has 2 fully saturated rings. The third-order valence-corrected chi connectivity index (χ3v) is 5.14. The monoisotopic (exact) mass is 233 g/mol. The zero-order valence-electron chi connectivity index (χ0n) is 7.92. The van der Waals surface area contributed by atoms with Gasteiger partial charge in [-0.15, -0.1) is 0 Å². The van der Waals surface area contributed by atoms with Gasteiger partial charge in [0.25, 0.3) is 0 Å². The minimum Gasteiger partial charge on any atom is -0.481 e. The average Bonchev–Trinajstić information content (AvgIpc) is 2.56. The lowest BCUT2D eigenvalue weighted by molar-refractivity contribution is -0.144. The molecule has 2 heterocycles. The van der Waals surface area contributed by atoms with Gasteiger partial charge in [0, 0.05) is 12.6 Å². The van der Waals surface area contributed by atoms with Crippen LogP contribution >= 0.6 is 0 Å². The second-order valence-electron chi connectivity index (χ2n) is 3.96. The molecule has 1 amide bonds. The summed E-state index contributed by atoms with van der Waals surface area (Å²) in [5.74, 6) is -1.67. The molecule has 2 aliphatic rings. The molecule has 0 aromatic heterocycles. The molecule has 2 rings (SSSR count). The predicted octanol–water partition coefficient (Wildman–Crippen LogP) is -1.14. The Morgan fingerprint density at radius 3 is 2.47 bits per heavy atom. The highest BCUT2D eigenvalue weighted by Gasteiger charge is 2.49. The predicted molar refractivity (Wildman–Crippen MR) is 49.9 cm³/mol. The van der Waals surface area contributed by atoms with E-state index in [4.69, 9.17) is 5.11 Å². The van der Waals surface area contributed by atoms with E-state index in [0.717, 1.165) is 0 Å². The first-order valence-corrected chi connectivity index (χ1v) is 6.34. The maximum Gasteiger partial charge on any atom is 0.312 e. The molecular formula is C8H11NO5S. The Labute approximate surface area is 86.8 Å². The van der Waals surface area contributed by atoms with Crippen molar-refractivity contribution in [2.24, 2.45) is 0 Å². The van der Waals surface area contributed by atoms with E-state index >= 15 is 0 Å². The molecule has 2 aliphatic heterocycles. The van der Waals surface area contributed by atoms with Crippen molar-refractivity contribution in [3.63, 3.8) is 0 Å². The lowest BCUT2D eigenvalue weighted by Gasteiger charge is -2.26. The Morgan fingerprint density at radius 2 is 2.07 bits per heavy atom. The van der Waals surface area contributed by atoms with Gasteiger partial charge < -0.3 is 10.0 Å². The fourth-order valence-corrected chi connectivity index (χ4v) is 4.26. The number of fused-ring (bicyclic) bond motifs is 2. The van der Waals surface area contributed by atoms with Crippen molar-refractivity contribution in [3.8, 4) is 0 Å². The molecule has 0 aliphatic carbocycles. The lowest BCUT2D eigenvalue weighted by Crippen LogP contribution is -2.44. The van der Waals surface area contributed by atoms with Gasteiger partial charge in [0.2, 0.25) is 5.91 Å². The van der Waals surface area contributed by atoms with Crippen molar-refractivity contribution in [1.82, 2.24) is 4.90 Å². The van der Waals surface area contributed by atoms with Crippen molar-refractivity contribution in [1.29, 1.82) is 0 Å². The number of aliphatic carboxylic acids is 1. The normalized spacial score (nSPS) is 31.9. The number of rotatable bonds is 2. The summed E-state index contributed by atoms with van der Waals surface area (Å²) in [6.07, 6.45) is -0.0863. The summed E-state index contributed by atoms with van der Waals surface area (Å²) in [6.45, 7) is 0.166. The molecule has 0 aromatic carbocycles. The minimum absolute atomic E-state index is 0.0109. The summed E-state index contributed by atoms with van der Waals surface area (Å²) in [4.78, 5) is 23.1. The molecule has 2 saturated heterocycles. The first kappa shape index (κ1) is 10.4. The van der Waals surface area contributed by atoms with E-state index in [1.54, 1.807) is 0 Å². The first-order chi connectivity index (χ1) is 6.90. The number of carboxylic acids is 1. The van der Waals surface area contributed by atoms with Crippen molar-refractivity contribution in [3.05, 3.63) is 0 Å². The molecule has 7 heteroatoms. The Balaban J connectivity index is 2.06. The number of hydrogen-bond acceptors (Lipinski definition) is 4. The molecule has 0 radical (unpaired) electrons. The van der Waals surface area contributed by atoms with Gasteiger partial charge in [-0.05, 0) is 6.42 Å². The highest BCUT2D eigenvalue weighted by Crippen LogP contribution is 2.33. The number of carbonyl (C=O) groups excluding carboxylic acids is 1. The number of hydrogen-bond donors (Lipinski definition) is 1. The van der Waals surface area contributed by atoms with Crippen LogP contribution in [0.15, 0.2) is 0 Å². The Bertz CT molecular complexity index is 415. The van der Waals surface area contributed by atoms with Crippen LogP contribution in [-0.4, -0.2) is 53.9 Å². The number of nitrogens with zero attached hydrogens (tertiary/aromatic N) is 1. The van der Waals surface area contributed by atoms with E-state index in [0.29, 0.717) is 6.42 Å². The highest BCUT2D eigenvalue weighted by molar-refractivity contribution is 7.92. The standard InChI is InChI=1S/C8H11NO5S/c10-7(2-8(11)12)9-3-6-1-5(9)4-15(6,13)14/h5-6H,1-4H2,(H,11,12). The zero-order chi connectivity index (χ0) is 11.2. The van der Waals surface area contributed by atoms with Crippen LogP contribution < -0.4 is 0 Å². The van der Waals surface area contributed by atoms with Gasteiger partial charge in [-0.25, -0.2) is 8.42 Å². The van der Waals surface area contributed by atoms with Gasteiger partial charge in [0.05, 0.1) is 11.0 Å². The zero-order valence-corrected chi connectivity index (χ0v) is 8.74. The summed E-state index contributed by atoms with van der Waals surface area (Å²) in [5, 5.41) is 7.98. The Morgan fingerprint density at radius 1 is 1.40 bits per heavy atom. The van der Waals surface area contributed by atoms with Gasteiger partial charge in [-0.1, -0.05) is 0 Å².